The molecule has 9 nitrogen and oxygen atoms in total. The van der Waals surface area contributed by atoms with E-state index in [1.807, 2.05) is 0 Å². The van der Waals surface area contributed by atoms with Gasteiger partial charge in [-0.1, -0.05) is 53.6 Å². The topological polar surface area (TPSA) is 126 Å². The molecule has 11 heteroatoms. The number of aromatic carboxylic acids is 1. The predicted molar refractivity (Wildman–Crippen MR) is 138 cm³/mol. The lowest BCUT2D eigenvalue weighted by atomic mass is 9.87. The Morgan fingerprint density at radius 1 is 1.19 bits per heavy atom. The number of nitrogens with zero attached hydrogens (tertiary/aromatic N) is 2. The smallest absolute Gasteiger partial charge is 0.335 e. The second-order valence-corrected chi connectivity index (χ2v) is 11.7. The van der Waals surface area contributed by atoms with Gasteiger partial charge in [-0.2, -0.15) is 0 Å². The summed E-state index contributed by atoms with van der Waals surface area (Å²) in [7, 11) is -2.49. The maximum atomic E-state index is 13.5. The van der Waals surface area contributed by atoms with Crippen LogP contribution in [0.1, 0.15) is 60.9 Å². The quantitative estimate of drug-likeness (QED) is 0.358. The van der Waals surface area contributed by atoms with Crippen molar-refractivity contribution in [3.63, 3.8) is 0 Å². The predicted octanol–water partition coefficient (Wildman–Crippen LogP) is 4.87. The maximum Gasteiger partial charge on any atom is 0.335 e. The number of thiazole rings is 1. The molecule has 1 atom stereocenters. The second-order valence-electron chi connectivity index (χ2n) is 8.81. The standard InChI is InChI=1S/C25H29N3O6S2/c1-3-28(34-2)36(32,33)19-11-8-17(9-12-19)20(14-16-6-4-5-7-16)23(29)27-25-26-21-13-10-18(24(30)31)15-22(21)35-25/h8-13,15-16,20H,3-7,14H2,1-2H3,(H,30,31)(H,26,27,29). The number of carboxylic acids is 1. The van der Waals surface area contributed by atoms with Crippen LogP contribution in [-0.4, -0.2) is 48.5 Å². The molecule has 1 saturated carbocycles. The second kappa shape index (κ2) is 11.0. The molecule has 3 aromatic rings. The minimum absolute atomic E-state index is 0.0929. The van der Waals surface area contributed by atoms with Crippen LogP contribution in [0.5, 0.6) is 0 Å². The summed E-state index contributed by atoms with van der Waals surface area (Å²) in [6.07, 6.45) is 5.07. The molecule has 0 spiro atoms. The summed E-state index contributed by atoms with van der Waals surface area (Å²) in [5.74, 6) is -1.30. The fourth-order valence-electron chi connectivity index (χ4n) is 4.66. The number of nitrogens with one attached hydrogen (secondary N) is 1. The van der Waals surface area contributed by atoms with Crippen LogP contribution in [-0.2, 0) is 19.7 Å². The van der Waals surface area contributed by atoms with Crippen molar-refractivity contribution >= 4 is 48.6 Å². The number of benzene rings is 2. The third-order valence-electron chi connectivity index (χ3n) is 6.54. The zero-order valence-corrected chi connectivity index (χ0v) is 21.8. The minimum atomic E-state index is -3.80. The number of carboxylic acid groups (broad SMARTS) is 1. The highest BCUT2D eigenvalue weighted by molar-refractivity contribution is 7.89. The Morgan fingerprint density at radius 2 is 1.89 bits per heavy atom. The molecule has 1 heterocycles. The van der Waals surface area contributed by atoms with Crippen LogP contribution >= 0.6 is 11.3 Å². The van der Waals surface area contributed by atoms with Crippen LogP contribution in [0.15, 0.2) is 47.4 Å². The number of amides is 1. The van der Waals surface area contributed by atoms with Gasteiger partial charge in [0.1, 0.15) is 0 Å². The first-order valence-electron chi connectivity index (χ1n) is 11.8. The monoisotopic (exact) mass is 531 g/mol. The summed E-state index contributed by atoms with van der Waals surface area (Å²) in [4.78, 5) is 34.2. The van der Waals surface area contributed by atoms with Gasteiger partial charge in [-0.05, 0) is 55.2 Å². The SMILES string of the molecule is CCN(OC)S(=O)(=O)c1ccc(C(CC2CCCC2)C(=O)Nc2nc3ccc(C(=O)O)cc3s2)cc1. The van der Waals surface area contributed by atoms with Crippen molar-refractivity contribution in [2.24, 2.45) is 5.92 Å². The molecule has 1 unspecified atom stereocenters. The molecule has 192 valence electrons. The van der Waals surface area contributed by atoms with Gasteiger partial charge in [0, 0.05) is 6.54 Å². The van der Waals surface area contributed by atoms with Gasteiger partial charge in [0.25, 0.3) is 10.0 Å². The zero-order valence-electron chi connectivity index (χ0n) is 20.1. The largest absolute Gasteiger partial charge is 0.478 e. The van der Waals surface area contributed by atoms with Crippen LogP contribution in [0, 0.1) is 5.92 Å². The van der Waals surface area contributed by atoms with Gasteiger partial charge in [-0.3, -0.25) is 9.63 Å². The molecule has 2 aromatic carbocycles. The van der Waals surface area contributed by atoms with Gasteiger partial charge in [0.2, 0.25) is 5.91 Å². The normalized spacial score (nSPS) is 15.4. The van der Waals surface area contributed by atoms with Crippen molar-refractivity contribution in [2.45, 2.75) is 49.8 Å². The summed E-state index contributed by atoms with van der Waals surface area (Å²) in [5, 5.41) is 12.5. The minimum Gasteiger partial charge on any atom is -0.478 e. The van der Waals surface area contributed by atoms with Crippen LogP contribution < -0.4 is 5.32 Å². The average molecular weight is 532 g/mol. The van der Waals surface area contributed by atoms with Crippen molar-refractivity contribution < 1.29 is 28.0 Å². The Labute approximate surface area is 214 Å². The zero-order chi connectivity index (χ0) is 25.9. The molecule has 0 saturated heterocycles. The number of rotatable bonds is 10. The third-order valence-corrected chi connectivity index (χ3v) is 9.28. The fourth-order valence-corrected chi connectivity index (χ4v) is 6.82. The maximum absolute atomic E-state index is 13.5. The van der Waals surface area contributed by atoms with E-state index in [2.05, 4.69) is 10.3 Å². The van der Waals surface area contributed by atoms with Gasteiger partial charge in [0.15, 0.2) is 5.13 Å². The van der Waals surface area contributed by atoms with E-state index in [4.69, 9.17) is 4.84 Å². The fraction of sp³-hybridized carbons (Fsp3) is 0.400. The molecule has 36 heavy (non-hydrogen) atoms. The summed E-state index contributed by atoms with van der Waals surface area (Å²) in [6, 6.07) is 11.0. The van der Waals surface area contributed by atoms with Crippen molar-refractivity contribution in [3.8, 4) is 0 Å². The first-order chi connectivity index (χ1) is 17.2. The molecule has 2 N–H and O–H groups in total. The van der Waals surface area contributed by atoms with Crippen molar-refractivity contribution in [1.29, 1.82) is 0 Å². The van der Waals surface area contributed by atoms with Crippen LogP contribution in [0.2, 0.25) is 0 Å². The van der Waals surface area contributed by atoms with Gasteiger partial charge in [0.05, 0.1) is 33.7 Å². The third kappa shape index (κ3) is 5.59. The Bertz CT molecular complexity index is 1340. The van der Waals surface area contributed by atoms with Gasteiger partial charge in [-0.25, -0.2) is 18.2 Å². The van der Waals surface area contributed by atoms with E-state index in [0.29, 0.717) is 27.7 Å². The number of hydrogen-bond donors (Lipinski definition) is 2. The number of hydroxylamine groups is 1. The molecular weight excluding hydrogens is 502 g/mol. The number of carbonyl (C=O) groups excluding carboxylic acids is 1. The van der Waals surface area contributed by atoms with Crippen molar-refractivity contribution in [3.05, 3.63) is 53.6 Å². The summed E-state index contributed by atoms with van der Waals surface area (Å²) in [6.45, 7) is 1.85. The molecule has 0 aliphatic heterocycles. The van der Waals surface area contributed by atoms with Gasteiger partial charge >= 0.3 is 5.97 Å². The molecule has 1 aromatic heterocycles. The average Bonchev–Trinajstić information content (AvgIpc) is 3.52. The molecule has 1 aliphatic rings. The number of aromatic nitrogens is 1. The lowest BCUT2D eigenvalue weighted by molar-refractivity contribution is -0.118. The van der Waals surface area contributed by atoms with E-state index in [-0.39, 0.29) is 22.9 Å². The lowest BCUT2D eigenvalue weighted by Gasteiger charge is -2.21. The highest BCUT2D eigenvalue weighted by atomic mass is 32.2. The van der Waals surface area contributed by atoms with Crippen molar-refractivity contribution in [2.75, 3.05) is 19.0 Å². The van der Waals surface area contributed by atoms with E-state index in [9.17, 15) is 23.1 Å². The van der Waals surface area contributed by atoms with E-state index >= 15 is 0 Å². The highest BCUT2D eigenvalue weighted by Gasteiger charge is 2.29. The Balaban J connectivity index is 1.59. The van der Waals surface area contributed by atoms with Crippen LogP contribution in [0.3, 0.4) is 0 Å². The molecular formula is C25H29N3O6S2. The molecule has 1 amide bonds. The summed E-state index contributed by atoms with van der Waals surface area (Å²) >= 11 is 1.22. The molecule has 1 aliphatic carbocycles. The Kier molecular flexibility index (Phi) is 8.04. The van der Waals surface area contributed by atoms with Crippen LogP contribution in [0.25, 0.3) is 10.2 Å². The van der Waals surface area contributed by atoms with Crippen molar-refractivity contribution in [1.82, 2.24) is 9.45 Å². The van der Waals surface area contributed by atoms with E-state index in [0.717, 1.165) is 35.7 Å². The highest BCUT2D eigenvalue weighted by Crippen LogP contribution is 2.36. The molecule has 0 radical (unpaired) electrons. The first-order valence-corrected chi connectivity index (χ1v) is 14.1. The summed E-state index contributed by atoms with van der Waals surface area (Å²) < 4.78 is 27.1. The molecule has 0 bridgehead atoms. The molecule has 1 fully saturated rings. The lowest BCUT2D eigenvalue weighted by Crippen LogP contribution is -2.29. The Hall–Kier alpha value is -2.86. The Morgan fingerprint density at radius 3 is 2.50 bits per heavy atom. The number of anilines is 1. The van der Waals surface area contributed by atoms with Gasteiger partial charge in [-0.15, -0.1) is 0 Å². The first kappa shape index (κ1) is 26.2. The molecule has 4 rings (SSSR count). The number of carbonyl (C=O) groups is 2. The van der Waals surface area contributed by atoms with E-state index in [1.54, 1.807) is 31.2 Å². The van der Waals surface area contributed by atoms with Crippen LogP contribution in [0.4, 0.5) is 5.13 Å². The van der Waals surface area contributed by atoms with E-state index in [1.165, 1.54) is 36.6 Å². The summed E-state index contributed by atoms with van der Waals surface area (Å²) in [5.41, 5.74) is 1.50. The van der Waals surface area contributed by atoms with Gasteiger partial charge < -0.3 is 10.4 Å². The number of fused-ring (bicyclic) bond motifs is 1. The number of sulfonamides is 1. The van der Waals surface area contributed by atoms with E-state index < -0.39 is 21.9 Å². The number of hydrogen-bond acceptors (Lipinski definition) is 7.